The molecule has 1 aliphatic heterocycles. The molecule has 3 aromatic rings. The Morgan fingerprint density at radius 1 is 1.12 bits per heavy atom. The summed E-state index contributed by atoms with van der Waals surface area (Å²) in [4.78, 5) is 21.5. The van der Waals surface area contributed by atoms with E-state index in [-0.39, 0.29) is 11.7 Å². The number of aromatic nitrogens is 3. The van der Waals surface area contributed by atoms with E-state index in [0.29, 0.717) is 5.56 Å². The summed E-state index contributed by atoms with van der Waals surface area (Å²) < 4.78 is 13.1. The lowest BCUT2D eigenvalue weighted by Crippen LogP contribution is -2.30. The number of nitrogens with zero attached hydrogens (tertiary/aromatic N) is 4. The van der Waals surface area contributed by atoms with Crippen molar-refractivity contribution >= 4 is 11.7 Å². The number of anilines is 1. The number of aryl methyl sites for hydroxylation is 1. The molecule has 168 valence electrons. The summed E-state index contributed by atoms with van der Waals surface area (Å²) in [5, 5.41) is 7.40. The number of H-pyrrole nitrogens is 1. The zero-order chi connectivity index (χ0) is 22.3. The van der Waals surface area contributed by atoms with Crippen molar-refractivity contribution in [3.63, 3.8) is 0 Å². The zero-order valence-electron chi connectivity index (χ0n) is 18.6. The fraction of sp³-hybridized carbons (Fsp3) is 0.400. The van der Waals surface area contributed by atoms with Gasteiger partial charge in [0.15, 0.2) is 0 Å². The number of aromatic amines is 1. The third kappa shape index (κ3) is 5.33. The van der Waals surface area contributed by atoms with Crippen LogP contribution in [0.5, 0.6) is 0 Å². The monoisotopic (exact) mass is 435 g/mol. The smallest absolute Gasteiger partial charge is 0.257 e. The highest BCUT2D eigenvalue weighted by atomic mass is 19.1. The zero-order valence-corrected chi connectivity index (χ0v) is 18.6. The molecule has 6 nitrogen and oxygen atoms in total. The van der Waals surface area contributed by atoms with Gasteiger partial charge in [-0.2, -0.15) is 5.10 Å². The molecular weight excluding hydrogens is 405 g/mol. The van der Waals surface area contributed by atoms with Crippen molar-refractivity contribution in [2.45, 2.75) is 38.5 Å². The summed E-state index contributed by atoms with van der Waals surface area (Å²) in [6.07, 6.45) is 7.95. The number of benzene rings is 1. The Morgan fingerprint density at radius 3 is 2.69 bits per heavy atom. The van der Waals surface area contributed by atoms with Gasteiger partial charge in [-0.15, -0.1) is 0 Å². The van der Waals surface area contributed by atoms with Gasteiger partial charge < -0.3 is 9.80 Å². The van der Waals surface area contributed by atoms with E-state index in [1.807, 2.05) is 25.2 Å². The van der Waals surface area contributed by atoms with Crippen LogP contribution in [-0.2, 0) is 6.42 Å². The molecule has 1 aromatic carbocycles. The molecule has 0 saturated carbocycles. The Hall–Kier alpha value is -3.22. The van der Waals surface area contributed by atoms with Crippen molar-refractivity contribution in [3.05, 3.63) is 65.7 Å². The third-order valence-corrected chi connectivity index (χ3v) is 5.98. The quantitative estimate of drug-likeness (QED) is 0.495. The molecule has 3 heterocycles. The first-order chi connectivity index (χ1) is 15.6. The largest absolute Gasteiger partial charge is 0.356 e. The van der Waals surface area contributed by atoms with Crippen LogP contribution in [0.2, 0.25) is 0 Å². The molecule has 32 heavy (non-hydrogen) atoms. The standard InChI is InChI=1S/C25H30FN5O/c1-30(25(32)22-9-7-14-27-24(22)31-16-5-6-17-31)15-4-2-3-8-21-18-23(29-28-21)19-10-12-20(26)13-11-19/h7,9-14,18H,2-6,8,15-17H2,1H3,(H,28,29). The second-order valence-electron chi connectivity index (χ2n) is 8.39. The number of carbonyl (C=O) groups excluding carboxylic acids is 1. The molecule has 7 heteroatoms. The summed E-state index contributed by atoms with van der Waals surface area (Å²) in [7, 11) is 1.87. The lowest BCUT2D eigenvalue weighted by molar-refractivity contribution is 0.0793. The molecule has 0 bridgehead atoms. The van der Waals surface area contributed by atoms with Gasteiger partial charge in [-0.25, -0.2) is 9.37 Å². The Morgan fingerprint density at radius 2 is 1.91 bits per heavy atom. The SMILES string of the molecule is CN(CCCCCc1cc(-c2ccc(F)cc2)n[nH]1)C(=O)c1cccnc1N1CCCC1. The van der Waals surface area contributed by atoms with Crippen molar-refractivity contribution in [2.75, 3.05) is 31.6 Å². The van der Waals surface area contributed by atoms with Gasteiger partial charge in [-0.3, -0.25) is 9.89 Å². The molecule has 0 aliphatic carbocycles. The number of hydrogen-bond donors (Lipinski definition) is 1. The maximum Gasteiger partial charge on any atom is 0.257 e. The van der Waals surface area contributed by atoms with Crippen LogP contribution in [0.1, 0.15) is 48.2 Å². The number of nitrogens with one attached hydrogen (secondary N) is 1. The normalized spacial score (nSPS) is 13.5. The number of unbranched alkanes of at least 4 members (excludes halogenated alkanes) is 2. The molecule has 1 amide bonds. The van der Waals surface area contributed by atoms with Crippen LogP contribution in [0.4, 0.5) is 10.2 Å². The van der Waals surface area contributed by atoms with E-state index in [2.05, 4.69) is 20.1 Å². The van der Waals surface area contributed by atoms with Gasteiger partial charge in [-0.1, -0.05) is 6.42 Å². The Labute approximate surface area is 188 Å². The van der Waals surface area contributed by atoms with E-state index >= 15 is 0 Å². The van der Waals surface area contributed by atoms with E-state index < -0.39 is 0 Å². The molecule has 1 fully saturated rings. The van der Waals surface area contributed by atoms with Crippen molar-refractivity contribution < 1.29 is 9.18 Å². The number of carbonyl (C=O) groups is 1. The Bertz CT molecular complexity index is 1030. The average molecular weight is 436 g/mol. The molecule has 0 unspecified atom stereocenters. The summed E-state index contributed by atoms with van der Waals surface area (Å²) in [5.41, 5.74) is 3.50. The van der Waals surface area contributed by atoms with Crippen LogP contribution in [-0.4, -0.2) is 52.7 Å². The molecule has 0 atom stereocenters. The maximum atomic E-state index is 13.1. The number of pyridine rings is 1. The van der Waals surface area contributed by atoms with Gasteiger partial charge in [0.05, 0.1) is 11.3 Å². The maximum absolute atomic E-state index is 13.1. The molecule has 1 aliphatic rings. The number of halogens is 1. The third-order valence-electron chi connectivity index (χ3n) is 5.98. The topological polar surface area (TPSA) is 65.1 Å². The van der Waals surface area contributed by atoms with E-state index in [1.165, 1.54) is 12.1 Å². The highest BCUT2D eigenvalue weighted by Gasteiger charge is 2.22. The summed E-state index contributed by atoms with van der Waals surface area (Å²) in [6, 6.07) is 12.1. The van der Waals surface area contributed by atoms with Gasteiger partial charge >= 0.3 is 0 Å². The Kier molecular flexibility index (Phi) is 7.14. The van der Waals surface area contributed by atoms with Crippen LogP contribution in [0.15, 0.2) is 48.7 Å². The predicted octanol–water partition coefficient (Wildman–Crippen LogP) is 4.70. The number of hydrogen-bond acceptors (Lipinski definition) is 4. The molecule has 0 spiro atoms. The average Bonchev–Trinajstić information content (AvgIpc) is 3.51. The summed E-state index contributed by atoms with van der Waals surface area (Å²) in [6.45, 7) is 2.66. The van der Waals surface area contributed by atoms with Crippen molar-refractivity contribution in [3.8, 4) is 11.3 Å². The molecule has 1 saturated heterocycles. The van der Waals surface area contributed by atoms with E-state index in [4.69, 9.17) is 0 Å². The summed E-state index contributed by atoms with van der Waals surface area (Å²) >= 11 is 0. The fourth-order valence-electron chi connectivity index (χ4n) is 4.15. The van der Waals surface area contributed by atoms with E-state index in [1.54, 1.807) is 23.2 Å². The minimum absolute atomic E-state index is 0.0394. The van der Waals surface area contributed by atoms with Gasteiger partial charge in [0.2, 0.25) is 0 Å². The van der Waals surface area contributed by atoms with Crippen LogP contribution < -0.4 is 4.90 Å². The fourth-order valence-corrected chi connectivity index (χ4v) is 4.15. The first-order valence-corrected chi connectivity index (χ1v) is 11.4. The van der Waals surface area contributed by atoms with Gasteiger partial charge in [0.25, 0.3) is 5.91 Å². The minimum Gasteiger partial charge on any atom is -0.356 e. The molecule has 2 aromatic heterocycles. The minimum atomic E-state index is -0.247. The van der Waals surface area contributed by atoms with Crippen LogP contribution in [0, 0.1) is 5.82 Å². The van der Waals surface area contributed by atoms with Gasteiger partial charge in [0.1, 0.15) is 11.6 Å². The van der Waals surface area contributed by atoms with Crippen LogP contribution in [0.25, 0.3) is 11.3 Å². The molecule has 1 N–H and O–H groups in total. The lowest BCUT2D eigenvalue weighted by atomic mass is 10.1. The lowest BCUT2D eigenvalue weighted by Gasteiger charge is -2.23. The molecule has 0 radical (unpaired) electrons. The first-order valence-electron chi connectivity index (χ1n) is 11.4. The number of amides is 1. The van der Waals surface area contributed by atoms with Crippen molar-refractivity contribution in [2.24, 2.45) is 0 Å². The second-order valence-corrected chi connectivity index (χ2v) is 8.39. The van der Waals surface area contributed by atoms with Crippen molar-refractivity contribution in [1.82, 2.24) is 20.1 Å². The molecular formula is C25H30FN5O. The Balaban J connectivity index is 1.22. The van der Waals surface area contributed by atoms with Crippen molar-refractivity contribution in [1.29, 1.82) is 0 Å². The van der Waals surface area contributed by atoms with E-state index in [0.717, 1.165) is 80.9 Å². The van der Waals surface area contributed by atoms with Crippen LogP contribution in [0.3, 0.4) is 0 Å². The first kappa shape index (κ1) is 22.0. The second kappa shape index (κ2) is 10.4. The van der Waals surface area contributed by atoms with E-state index in [9.17, 15) is 9.18 Å². The molecule has 4 rings (SSSR count). The van der Waals surface area contributed by atoms with Crippen LogP contribution >= 0.6 is 0 Å². The van der Waals surface area contributed by atoms with Gasteiger partial charge in [0, 0.05) is 44.1 Å². The number of rotatable bonds is 9. The highest BCUT2D eigenvalue weighted by molar-refractivity contribution is 5.98. The van der Waals surface area contributed by atoms with Gasteiger partial charge in [-0.05, 0) is 74.6 Å². The summed E-state index contributed by atoms with van der Waals surface area (Å²) in [5.74, 6) is 0.610. The predicted molar refractivity (Wildman–Crippen MR) is 124 cm³/mol. The highest BCUT2D eigenvalue weighted by Crippen LogP contribution is 2.23.